The van der Waals surface area contributed by atoms with Crippen LogP contribution in [0, 0.1) is 0 Å². The largest absolute Gasteiger partial charge is 0.314 e. The third-order valence-corrected chi connectivity index (χ3v) is 4.04. The van der Waals surface area contributed by atoms with E-state index < -0.39 is 0 Å². The van der Waals surface area contributed by atoms with Crippen molar-refractivity contribution in [2.24, 2.45) is 7.05 Å². The van der Waals surface area contributed by atoms with Crippen molar-refractivity contribution < 1.29 is 0 Å². The lowest BCUT2D eigenvalue weighted by atomic mass is 10.2. The lowest BCUT2D eigenvalue weighted by Gasteiger charge is -2.15. The van der Waals surface area contributed by atoms with Gasteiger partial charge in [-0.3, -0.25) is 4.68 Å². The van der Waals surface area contributed by atoms with Crippen molar-refractivity contribution in [2.45, 2.75) is 51.7 Å². The van der Waals surface area contributed by atoms with Crippen molar-refractivity contribution in [3.05, 3.63) is 29.6 Å². The zero-order valence-corrected chi connectivity index (χ0v) is 12.2. The first-order valence-electron chi connectivity index (χ1n) is 7.38. The maximum Gasteiger partial charge on any atom is 0.149 e. The quantitative estimate of drug-likeness (QED) is 0.919. The van der Waals surface area contributed by atoms with E-state index in [1.54, 1.807) is 0 Å². The van der Waals surface area contributed by atoms with E-state index in [1.165, 1.54) is 25.0 Å². The minimum absolute atomic E-state index is 0.198. The monoisotopic (exact) mass is 274 g/mol. The van der Waals surface area contributed by atoms with E-state index in [4.69, 9.17) is 0 Å². The SMILES string of the molecule is CC(NCc1ccnn1C)c1nnc2n1CCCCC2. The van der Waals surface area contributed by atoms with Crippen LogP contribution < -0.4 is 5.32 Å². The molecule has 1 N–H and O–H groups in total. The summed E-state index contributed by atoms with van der Waals surface area (Å²) in [5.41, 5.74) is 1.17. The minimum Gasteiger partial charge on any atom is -0.314 e. The second-order valence-electron chi connectivity index (χ2n) is 5.49. The fourth-order valence-electron chi connectivity index (χ4n) is 2.75. The first-order valence-corrected chi connectivity index (χ1v) is 7.38. The summed E-state index contributed by atoms with van der Waals surface area (Å²) in [4.78, 5) is 0. The lowest BCUT2D eigenvalue weighted by molar-refractivity contribution is 0.491. The summed E-state index contributed by atoms with van der Waals surface area (Å²) in [5.74, 6) is 2.20. The number of fused-ring (bicyclic) bond motifs is 1. The van der Waals surface area contributed by atoms with Gasteiger partial charge in [0.25, 0.3) is 0 Å². The second-order valence-corrected chi connectivity index (χ2v) is 5.49. The molecule has 108 valence electrons. The molecule has 2 aromatic rings. The number of hydrogen-bond donors (Lipinski definition) is 1. The molecule has 0 saturated heterocycles. The van der Waals surface area contributed by atoms with Gasteiger partial charge in [0, 0.05) is 32.8 Å². The molecule has 0 bridgehead atoms. The van der Waals surface area contributed by atoms with Gasteiger partial charge in [0.1, 0.15) is 11.6 Å². The van der Waals surface area contributed by atoms with Gasteiger partial charge in [0.05, 0.1) is 11.7 Å². The van der Waals surface area contributed by atoms with Crippen molar-refractivity contribution in [1.29, 1.82) is 0 Å². The van der Waals surface area contributed by atoms with Crippen LogP contribution in [0.1, 0.15) is 49.6 Å². The van der Waals surface area contributed by atoms with Crippen LogP contribution in [0.15, 0.2) is 12.3 Å². The summed E-state index contributed by atoms with van der Waals surface area (Å²) in [6, 6.07) is 2.23. The second kappa shape index (κ2) is 5.75. The molecular weight excluding hydrogens is 252 g/mol. The molecule has 1 aliphatic rings. The van der Waals surface area contributed by atoms with E-state index >= 15 is 0 Å². The third kappa shape index (κ3) is 2.60. The normalized spacial score (nSPS) is 16.7. The Labute approximate surface area is 119 Å². The Morgan fingerprint density at radius 2 is 2.20 bits per heavy atom. The van der Waals surface area contributed by atoms with Crippen LogP contribution in [0.3, 0.4) is 0 Å². The highest BCUT2D eigenvalue weighted by Crippen LogP contribution is 2.18. The zero-order valence-electron chi connectivity index (χ0n) is 12.2. The van der Waals surface area contributed by atoms with Gasteiger partial charge in [-0.05, 0) is 25.8 Å². The van der Waals surface area contributed by atoms with Crippen molar-refractivity contribution in [2.75, 3.05) is 0 Å². The fraction of sp³-hybridized carbons (Fsp3) is 0.643. The van der Waals surface area contributed by atoms with Gasteiger partial charge in [0.15, 0.2) is 0 Å². The van der Waals surface area contributed by atoms with Crippen molar-refractivity contribution in [3.8, 4) is 0 Å². The molecule has 0 spiro atoms. The number of aromatic nitrogens is 5. The van der Waals surface area contributed by atoms with Crippen LogP contribution in [0.25, 0.3) is 0 Å². The molecule has 3 rings (SSSR count). The van der Waals surface area contributed by atoms with E-state index in [1.807, 2.05) is 24.0 Å². The third-order valence-electron chi connectivity index (χ3n) is 4.04. The molecule has 1 atom stereocenters. The van der Waals surface area contributed by atoms with Crippen molar-refractivity contribution >= 4 is 0 Å². The van der Waals surface area contributed by atoms with Crippen LogP contribution in [-0.4, -0.2) is 24.5 Å². The molecule has 0 amide bonds. The van der Waals surface area contributed by atoms with Crippen molar-refractivity contribution in [1.82, 2.24) is 29.9 Å². The highest BCUT2D eigenvalue weighted by atomic mass is 15.3. The Bertz CT molecular complexity index is 570. The van der Waals surface area contributed by atoms with Crippen LogP contribution >= 0.6 is 0 Å². The van der Waals surface area contributed by atoms with Gasteiger partial charge < -0.3 is 9.88 Å². The van der Waals surface area contributed by atoms with Gasteiger partial charge in [-0.15, -0.1) is 10.2 Å². The Morgan fingerprint density at radius 3 is 3.00 bits per heavy atom. The summed E-state index contributed by atoms with van der Waals surface area (Å²) in [6.45, 7) is 3.99. The van der Waals surface area contributed by atoms with Gasteiger partial charge in [-0.1, -0.05) is 6.42 Å². The summed E-state index contributed by atoms with van der Waals surface area (Å²) >= 11 is 0. The Hall–Kier alpha value is -1.69. The molecule has 0 aromatic carbocycles. The average molecular weight is 274 g/mol. The molecule has 0 aliphatic carbocycles. The molecule has 2 aromatic heterocycles. The van der Waals surface area contributed by atoms with Gasteiger partial charge in [0.2, 0.25) is 0 Å². The standard InChI is InChI=1S/C14H22N6/c1-11(15-10-12-7-8-16-19(12)2)14-18-17-13-6-4-3-5-9-20(13)14/h7-8,11,15H,3-6,9-10H2,1-2H3. The average Bonchev–Trinajstić information content (AvgIpc) is 2.96. The summed E-state index contributed by atoms with van der Waals surface area (Å²) < 4.78 is 4.19. The number of aryl methyl sites for hydroxylation is 2. The minimum atomic E-state index is 0.198. The molecule has 20 heavy (non-hydrogen) atoms. The lowest BCUT2D eigenvalue weighted by Crippen LogP contribution is -2.23. The van der Waals surface area contributed by atoms with Crippen molar-refractivity contribution in [3.63, 3.8) is 0 Å². The molecular formula is C14H22N6. The highest BCUT2D eigenvalue weighted by molar-refractivity contribution is 5.04. The Balaban J connectivity index is 1.69. The van der Waals surface area contributed by atoms with E-state index in [0.29, 0.717) is 0 Å². The number of nitrogens with zero attached hydrogens (tertiary/aromatic N) is 5. The molecule has 0 radical (unpaired) electrons. The summed E-state index contributed by atoms with van der Waals surface area (Å²) in [7, 11) is 1.96. The van der Waals surface area contributed by atoms with Crippen LogP contribution in [0.5, 0.6) is 0 Å². The predicted octanol–water partition coefficient (Wildman–Crippen LogP) is 1.59. The first-order chi connectivity index (χ1) is 9.75. The van der Waals surface area contributed by atoms with Gasteiger partial charge in [-0.25, -0.2) is 0 Å². The summed E-state index contributed by atoms with van der Waals surface area (Å²) in [5, 5.41) is 16.4. The summed E-state index contributed by atoms with van der Waals surface area (Å²) in [6.07, 6.45) is 6.63. The van der Waals surface area contributed by atoms with Crippen LogP contribution in [-0.2, 0) is 26.6 Å². The molecule has 1 aliphatic heterocycles. The van der Waals surface area contributed by atoms with Gasteiger partial charge in [-0.2, -0.15) is 5.10 Å². The van der Waals surface area contributed by atoms with Crippen LogP contribution in [0.2, 0.25) is 0 Å². The number of nitrogens with one attached hydrogen (secondary N) is 1. The zero-order chi connectivity index (χ0) is 13.9. The van der Waals surface area contributed by atoms with E-state index in [0.717, 1.165) is 31.2 Å². The van der Waals surface area contributed by atoms with Crippen LogP contribution in [0.4, 0.5) is 0 Å². The first kappa shape index (κ1) is 13.3. The van der Waals surface area contributed by atoms with Gasteiger partial charge >= 0.3 is 0 Å². The predicted molar refractivity (Wildman–Crippen MR) is 76.0 cm³/mol. The molecule has 3 heterocycles. The molecule has 6 heteroatoms. The van der Waals surface area contributed by atoms with E-state index in [9.17, 15) is 0 Å². The molecule has 0 fully saturated rings. The molecule has 0 saturated carbocycles. The smallest absolute Gasteiger partial charge is 0.149 e. The molecule has 6 nitrogen and oxygen atoms in total. The number of rotatable bonds is 4. The fourth-order valence-corrected chi connectivity index (χ4v) is 2.75. The molecule has 1 unspecified atom stereocenters. The topological polar surface area (TPSA) is 60.6 Å². The van der Waals surface area contributed by atoms with E-state index in [-0.39, 0.29) is 6.04 Å². The van der Waals surface area contributed by atoms with E-state index in [2.05, 4.69) is 32.1 Å². The number of hydrogen-bond acceptors (Lipinski definition) is 4. The maximum absolute atomic E-state index is 4.39. The highest BCUT2D eigenvalue weighted by Gasteiger charge is 2.19. The Morgan fingerprint density at radius 1 is 1.30 bits per heavy atom. The maximum atomic E-state index is 4.39. The Kier molecular flexibility index (Phi) is 3.82.